The number of anilines is 1. The molecule has 0 aromatic carbocycles. The number of hydrogen-bond donors (Lipinski definition) is 1. The predicted molar refractivity (Wildman–Crippen MR) is 101 cm³/mol. The summed E-state index contributed by atoms with van der Waals surface area (Å²) in [6.07, 6.45) is 9.79. The van der Waals surface area contributed by atoms with E-state index in [-0.39, 0.29) is 0 Å². The van der Waals surface area contributed by atoms with Crippen LogP contribution in [0.3, 0.4) is 0 Å². The van der Waals surface area contributed by atoms with E-state index >= 15 is 0 Å². The van der Waals surface area contributed by atoms with Crippen molar-refractivity contribution in [3.63, 3.8) is 0 Å². The van der Waals surface area contributed by atoms with Crippen LogP contribution in [0.2, 0.25) is 0 Å². The molecule has 0 spiro atoms. The zero-order chi connectivity index (χ0) is 19.2. The molecule has 0 unspecified atom stereocenters. The van der Waals surface area contributed by atoms with E-state index < -0.39 is 6.29 Å². The lowest BCUT2D eigenvalue weighted by Gasteiger charge is -2.16. The maximum atomic E-state index is 9.23. The number of nitrogens with zero attached hydrogens (tertiary/aromatic N) is 5. The van der Waals surface area contributed by atoms with Crippen molar-refractivity contribution in [3.05, 3.63) is 29.9 Å². The Balaban J connectivity index is 1.98. The van der Waals surface area contributed by atoms with E-state index in [2.05, 4.69) is 21.1 Å². The molecule has 2 aromatic rings. The number of nitrogen functional groups attached to an aromatic ring is 1. The summed E-state index contributed by atoms with van der Waals surface area (Å²) in [6.45, 7) is 0. The molecule has 2 N–H and O–H groups in total. The maximum Gasteiger partial charge on any atom is 0.161 e. The lowest BCUT2D eigenvalue weighted by Crippen LogP contribution is -2.18. The summed E-state index contributed by atoms with van der Waals surface area (Å²) in [5.41, 5.74) is 10.6. The van der Waals surface area contributed by atoms with E-state index in [9.17, 15) is 5.26 Å². The van der Waals surface area contributed by atoms with Crippen LogP contribution in [0.15, 0.2) is 24.3 Å². The van der Waals surface area contributed by atoms with Crippen LogP contribution in [-0.4, -0.2) is 40.3 Å². The summed E-state index contributed by atoms with van der Waals surface area (Å²) >= 11 is 0. The molecule has 1 fully saturated rings. The fourth-order valence-electron chi connectivity index (χ4n) is 3.43. The van der Waals surface area contributed by atoms with Gasteiger partial charge in [0.25, 0.3) is 0 Å². The summed E-state index contributed by atoms with van der Waals surface area (Å²) in [5.74, 6) is 0.387. The Kier molecular flexibility index (Phi) is 6.16. The number of aromatic nitrogens is 4. The summed E-state index contributed by atoms with van der Waals surface area (Å²) in [5, 5.41) is 13.7. The second-order valence-electron chi connectivity index (χ2n) is 6.46. The van der Waals surface area contributed by atoms with E-state index in [1.807, 2.05) is 6.20 Å². The Hall–Kier alpha value is -2.76. The lowest BCUT2D eigenvalue weighted by molar-refractivity contribution is -0.100. The Bertz CT molecular complexity index is 855. The van der Waals surface area contributed by atoms with E-state index in [1.54, 1.807) is 25.1 Å². The molecule has 0 atom stereocenters. The minimum absolute atomic E-state index is 0.338. The molecule has 0 saturated heterocycles. The molecule has 0 bridgehead atoms. The van der Waals surface area contributed by atoms with Crippen molar-refractivity contribution in [2.24, 2.45) is 0 Å². The highest BCUT2D eigenvalue weighted by Crippen LogP contribution is 2.32. The fraction of sp³-hybridized carbons (Fsp3) is 0.474. The van der Waals surface area contributed by atoms with Gasteiger partial charge in [-0.2, -0.15) is 10.4 Å². The van der Waals surface area contributed by atoms with Crippen molar-refractivity contribution in [2.75, 3.05) is 20.0 Å². The number of nitriles is 1. The Morgan fingerprint density at radius 2 is 2.04 bits per heavy atom. The zero-order valence-corrected chi connectivity index (χ0v) is 15.7. The first-order valence-electron chi connectivity index (χ1n) is 8.96. The van der Waals surface area contributed by atoms with Gasteiger partial charge in [-0.25, -0.2) is 14.6 Å². The largest absolute Gasteiger partial charge is 0.383 e. The van der Waals surface area contributed by atoms with Gasteiger partial charge in [-0.1, -0.05) is 0 Å². The Morgan fingerprint density at radius 1 is 1.30 bits per heavy atom. The van der Waals surface area contributed by atoms with E-state index in [0.717, 1.165) is 29.7 Å². The maximum absolute atomic E-state index is 9.23. The van der Waals surface area contributed by atoms with Gasteiger partial charge in [0.1, 0.15) is 12.1 Å². The van der Waals surface area contributed by atoms with Gasteiger partial charge in [-0.05, 0) is 31.3 Å². The topological polar surface area (TPSA) is 112 Å². The number of ether oxygens (including phenoxy) is 2. The third-order valence-corrected chi connectivity index (χ3v) is 4.87. The number of methoxy groups -OCH3 is 2. The first-order valence-corrected chi connectivity index (χ1v) is 8.96. The van der Waals surface area contributed by atoms with Crippen LogP contribution in [-0.2, 0) is 15.9 Å². The van der Waals surface area contributed by atoms with Gasteiger partial charge in [-0.15, -0.1) is 0 Å². The minimum atomic E-state index is -0.443. The standard InChI is InChI=1S/C19H24N6O2/c1-26-17(27-2)9-15-18(22-12-23-19(15)21)14-10-24-25(11-14)16(7-8-20)13-5-3-4-6-13/h10-12,17H,3-7,9H2,1-2H3,(H2,21,22,23). The van der Waals surface area contributed by atoms with Crippen molar-refractivity contribution in [3.8, 4) is 17.3 Å². The highest BCUT2D eigenvalue weighted by Gasteiger charge is 2.19. The zero-order valence-electron chi connectivity index (χ0n) is 15.7. The van der Waals surface area contributed by atoms with E-state index in [1.165, 1.54) is 24.7 Å². The van der Waals surface area contributed by atoms with Crippen LogP contribution in [0.25, 0.3) is 17.0 Å². The van der Waals surface area contributed by atoms with Crippen molar-refractivity contribution < 1.29 is 9.47 Å². The molecule has 3 rings (SSSR count). The second-order valence-corrected chi connectivity index (χ2v) is 6.46. The van der Waals surface area contributed by atoms with Gasteiger partial charge in [0.2, 0.25) is 0 Å². The van der Waals surface area contributed by atoms with E-state index in [4.69, 9.17) is 15.2 Å². The van der Waals surface area contributed by atoms with Gasteiger partial charge < -0.3 is 15.2 Å². The molecule has 8 nitrogen and oxygen atoms in total. The van der Waals surface area contributed by atoms with Crippen LogP contribution in [0.4, 0.5) is 5.82 Å². The minimum Gasteiger partial charge on any atom is -0.383 e. The fourth-order valence-corrected chi connectivity index (χ4v) is 3.43. The summed E-state index contributed by atoms with van der Waals surface area (Å²) in [4.78, 5) is 8.51. The number of rotatable bonds is 7. The number of nitrogens with two attached hydrogens (primary N) is 1. The van der Waals surface area contributed by atoms with Crippen LogP contribution in [0.1, 0.15) is 37.7 Å². The smallest absolute Gasteiger partial charge is 0.161 e. The normalized spacial score (nSPS) is 13.9. The van der Waals surface area contributed by atoms with Crippen LogP contribution in [0.5, 0.6) is 0 Å². The molecule has 1 aliphatic carbocycles. The third-order valence-electron chi connectivity index (χ3n) is 4.87. The van der Waals surface area contributed by atoms with Crippen LogP contribution in [0, 0.1) is 11.3 Å². The molecule has 1 saturated carbocycles. The SMILES string of the molecule is COC(Cc1c(N)ncnc1-c1cnn(C(CC#N)=C2CCCC2)c1)OC. The summed E-state index contributed by atoms with van der Waals surface area (Å²) in [7, 11) is 3.15. The lowest BCUT2D eigenvalue weighted by atomic mass is 10.1. The van der Waals surface area contributed by atoms with Gasteiger partial charge in [0, 0.05) is 38.0 Å². The summed E-state index contributed by atoms with van der Waals surface area (Å²) < 4.78 is 12.4. The van der Waals surface area contributed by atoms with Crippen LogP contribution < -0.4 is 5.73 Å². The Labute approximate surface area is 158 Å². The Morgan fingerprint density at radius 3 is 2.70 bits per heavy atom. The van der Waals surface area contributed by atoms with Gasteiger partial charge in [-0.3, -0.25) is 0 Å². The molecule has 142 valence electrons. The third kappa shape index (κ3) is 4.15. The monoisotopic (exact) mass is 368 g/mol. The molecule has 27 heavy (non-hydrogen) atoms. The van der Waals surface area contributed by atoms with E-state index in [0.29, 0.717) is 24.4 Å². The highest BCUT2D eigenvalue weighted by molar-refractivity contribution is 5.67. The van der Waals surface area contributed by atoms with Gasteiger partial charge in [0.05, 0.1) is 30.1 Å². The summed E-state index contributed by atoms with van der Waals surface area (Å²) in [6, 6.07) is 2.26. The average molecular weight is 368 g/mol. The number of hydrogen-bond acceptors (Lipinski definition) is 7. The first-order chi connectivity index (χ1) is 13.2. The average Bonchev–Trinajstić information content (AvgIpc) is 3.37. The van der Waals surface area contributed by atoms with Crippen molar-refractivity contribution in [1.82, 2.24) is 19.7 Å². The van der Waals surface area contributed by atoms with Crippen molar-refractivity contribution in [2.45, 2.75) is 44.8 Å². The molecule has 0 radical (unpaired) electrons. The molecule has 2 aromatic heterocycles. The highest BCUT2D eigenvalue weighted by atomic mass is 16.7. The molecule has 0 amide bonds. The second kappa shape index (κ2) is 8.75. The van der Waals surface area contributed by atoms with Crippen LogP contribution >= 0.6 is 0 Å². The molecular formula is C19H24N6O2. The first kappa shape index (κ1) is 19.0. The van der Waals surface area contributed by atoms with Gasteiger partial charge in [0.15, 0.2) is 6.29 Å². The van der Waals surface area contributed by atoms with Gasteiger partial charge >= 0.3 is 0 Å². The number of allylic oxidation sites excluding steroid dienone is 2. The molecule has 2 heterocycles. The predicted octanol–water partition coefficient (Wildman–Crippen LogP) is 2.78. The van der Waals surface area contributed by atoms with Crippen molar-refractivity contribution in [1.29, 1.82) is 5.26 Å². The van der Waals surface area contributed by atoms with Crippen molar-refractivity contribution >= 4 is 11.5 Å². The quantitative estimate of drug-likeness (QED) is 0.748. The molecular weight excluding hydrogens is 344 g/mol. The molecule has 8 heteroatoms. The molecule has 1 aliphatic rings. The molecule has 0 aliphatic heterocycles.